The van der Waals surface area contributed by atoms with E-state index >= 15 is 0 Å². The van der Waals surface area contributed by atoms with Crippen molar-refractivity contribution in [1.29, 1.82) is 0 Å². The van der Waals surface area contributed by atoms with Crippen molar-refractivity contribution in [3.63, 3.8) is 0 Å². The molecule has 18 heavy (non-hydrogen) atoms. The lowest BCUT2D eigenvalue weighted by Gasteiger charge is -2.00. The van der Waals surface area contributed by atoms with Gasteiger partial charge in [0.2, 0.25) is 0 Å². The molecule has 0 spiro atoms. The summed E-state index contributed by atoms with van der Waals surface area (Å²) < 4.78 is 2.88. The monoisotopic (exact) mass is 299 g/mol. The van der Waals surface area contributed by atoms with Gasteiger partial charge in [-0.15, -0.1) is 0 Å². The summed E-state index contributed by atoms with van der Waals surface area (Å²) in [6.07, 6.45) is 5.58. The fourth-order valence-electron chi connectivity index (χ4n) is 1.75. The third-order valence-corrected chi connectivity index (χ3v) is 3.11. The second-order valence-corrected chi connectivity index (χ2v) is 4.78. The summed E-state index contributed by atoms with van der Waals surface area (Å²) in [4.78, 5) is 4.31. The molecule has 0 aliphatic heterocycles. The van der Waals surface area contributed by atoms with Crippen LogP contribution in [0.2, 0.25) is 0 Å². The Morgan fingerprint density at radius 2 is 2.00 bits per heavy atom. The van der Waals surface area contributed by atoms with Gasteiger partial charge in [-0.05, 0) is 30.3 Å². The Labute approximate surface area is 113 Å². The molecule has 4 heteroatoms. The van der Waals surface area contributed by atoms with Gasteiger partial charge in [-0.2, -0.15) is 5.10 Å². The highest BCUT2D eigenvalue weighted by Crippen LogP contribution is 2.19. The van der Waals surface area contributed by atoms with Crippen molar-refractivity contribution in [3.8, 4) is 16.9 Å². The minimum atomic E-state index is 0.929. The van der Waals surface area contributed by atoms with Crippen molar-refractivity contribution in [2.75, 3.05) is 0 Å². The fraction of sp³-hybridized carbons (Fsp3) is 0. The molecule has 2 heterocycles. The van der Waals surface area contributed by atoms with Gasteiger partial charge < -0.3 is 0 Å². The maximum atomic E-state index is 4.36. The van der Waals surface area contributed by atoms with Crippen molar-refractivity contribution in [2.24, 2.45) is 0 Å². The van der Waals surface area contributed by atoms with Crippen molar-refractivity contribution < 1.29 is 0 Å². The molecule has 88 valence electrons. The van der Waals surface area contributed by atoms with Crippen molar-refractivity contribution in [3.05, 3.63) is 65.5 Å². The van der Waals surface area contributed by atoms with Crippen LogP contribution < -0.4 is 0 Å². The van der Waals surface area contributed by atoms with E-state index in [0.29, 0.717) is 0 Å². The van der Waals surface area contributed by atoms with E-state index in [1.54, 1.807) is 6.20 Å². The molecule has 0 aliphatic carbocycles. The highest BCUT2D eigenvalue weighted by atomic mass is 79.9. The molecule has 0 unspecified atom stereocenters. The first-order chi connectivity index (χ1) is 8.83. The van der Waals surface area contributed by atoms with Crippen molar-refractivity contribution >= 4 is 15.9 Å². The van der Waals surface area contributed by atoms with Gasteiger partial charge in [-0.3, -0.25) is 4.98 Å². The molecule has 0 aliphatic rings. The average molecular weight is 300 g/mol. The minimum Gasteiger partial charge on any atom is -0.256 e. The normalized spacial score (nSPS) is 10.5. The van der Waals surface area contributed by atoms with Crippen molar-refractivity contribution in [1.82, 2.24) is 14.8 Å². The van der Waals surface area contributed by atoms with Crippen LogP contribution in [-0.2, 0) is 0 Å². The Balaban J connectivity index is 2.00. The molecule has 0 radical (unpaired) electrons. The minimum absolute atomic E-state index is 0.929. The topological polar surface area (TPSA) is 30.7 Å². The molecule has 1 aromatic carbocycles. The Morgan fingerprint density at radius 3 is 2.78 bits per heavy atom. The Hall–Kier alpha value is -1.94. The molecular weight excluding hydrogens is 290 g/mol. The quantitative estimate of drug-likeness (QED) is 0.722. The van der Waals surface area contributed by atoms with Gasteiger partial charge in [0.05, 0.1) is 17.6 Å². The average Bonchev–Trinajstić information content (AvgIpc) is 2.89. The number of nitrogens with zero attached hydrogens (tertiary/aromatic N) is 3. The number of hydrogen-bond acceptors (Lipinski definition) is 2. The van der Waals surface area contributed by atoms with Crippen LogP contribution in [0.1, 0.15) is 0 Å². The van der Waals surface area contributed by atoms with Crippen LogP contribution in [0.3, 0.4) is 0 Å². The summed E-state index contributed by atoms with van der Waals surface area (Å²) in [6, 6.07) is 13.9. The van der Waals surface area contributed by atoms with Gasteiger partial charge >= 0.3 is 0 Å². The predicted molar refractivity (Wildman–Crippen MR) is 74.5 cm³/mol. The van der Waals surface area contributed by atoms with Gasteiger partial charge in [0.15, 0.2) is 0 Å². The predicted octanol–water partition coefficient (Wildman–Crippen LogP) is 3.70. The van der Waals surface area contributed by atoms with E-state index in [1.165, 1.54) is 0 Å². The molecule has 0 atom stereocenters. The van der Waals surface area contributed by atoms with Gasteiger partial charge in [0.1, 0.15) is 0 Å². The van der Waals surface area contributed by atoms with Crippen LogP contribution >= 0.6 is 15.9 Å². The van der Waals surface area contributed by atoms with Gasteiger partial charge in [-0.25, -0.2) is 4.68 Å². The lowest BCUT2D eigenvalue weighted by atomic mass is 10.2. The number of pyridine rings is 1. The number of hydrogen-bond donors (Lipinski definition) is 0. The zero-order valence-corrected chi connectivity index (χ0v) is 11.1. The summed E-state index contributed by atoms with van der Waals surface area (Å²) in [5, 5.41) is 4.36. The first-order valence-electron chi connectivity index (χ1n) is 5.55. The molecule has 0 bridgehead atoms. The molecule has 2 aromatic heterocycles. The first-order valence-corrected chi connectivity index (χ1v) is 6.34. The summed E-state index contributed by atoms with van der Waals surface area (Å²) in [6.45, 7) is 0. The number of benzene rings is 1. The third kappa shape index (κ3) is 2.19. The summed E-state index contributed by atoms with van der Waals surface area (Å²) in [5.74, 6) is 0. The molecule has 0 saturated carbocycles. The highest BCUT2D eigenvalue weighted by Gasteiger charge is 2.04. The van der Waals surface area contributed by atoms with Gasteiger partial charge in [0, 0.05) is 22.4 Å². The lowest BCUT2D eigenvalue weighted by Crippen LogP contribution is -1.93. The molecule has 0 fully saturated rings. The number of rotatable bonds is 2. The second kappa shape index (κ2) is 4.74. The molecule has 3 nitrogen and oxygen atoms in total. The van der Waals surface area contributed by atoms with E-state index in [2.05, 4.69) is 26.0 Å². The summed E-state index contributed by atoms with van der Waals surface area (Å²) in [7, 11) is 0. The van der Waals surface area contributed by atoms with Crippen molar-refractivity contribution in [2.45, 2.75) is 0 Å². The molecule has 3 aromatic rings. The zero-order chi connectivity index (χ0) is 12.4. The van der Waals surface area contributed by atoms with Gasteiger partial charge in [-0.1, -0.05) is 28.1 Å². The number of aromatic nitrogens is 3. The Bertz CT molecular complexity index is 662. The molecule has 3 rings (SSSR count). The maximum Gasteiger partial charge on any atom is 0.0733 e. The molecule has 0 amide bonds. The molecule has 0 N–H and O–H groups in total. The lowest BCUT2D eigenvalue weighted by molar-refractivity contribution is 0.880. The van der Waals surface area contributed by atoms with E-state index in [9.17, 15) is 0 Å². The van der Waals surface area contributed by atoms with Crippen LogP contribution in [0.25, 0.3) is 16.9 Å². The Morgan fingerprint density at radius 1 is 1.06 bits per heavy atom. The van der Waals surface area contributed by atoms with E-state index in [4.69, 9.17) is 0 Å². The number of halogens is 1. The van der Waals surface area contributed by atoms with Crippen LogP contribution in [0.4, 0.5) is 0 Å². The summed E-state index contributed by atoms with van der Waals surface area (Å²) in [5.41, 5.74) is 2.96. The van der Waals surface area contributed by atoms with Crippen LogP contribution in [0.5, 0.6) is 0 Å². The SMILES string of the molecule is Brc1cccc(-n2cc(-c3ccccn3)cn2)c1. The smallest absolute Gasteiger partial charge is 0.0733 e. The molecule has 0 saturated heterocycles. The standard InChI is InChI=1S/C14H10BrN3/c15-12-4-3-5-13(8-12)18-10-11(9-17-18)14-6-1-2-7-16-14/h1-10H. The first kappa shape index (κ1) is 11.2. The van der Waals surface area contributed by atoms with E-state index in [1.807, 2.05) is 59.5 Å². The van der Waals surface area contributed by atoms with E-state index < -0.39 is 0 Å². The third-order valence-electron chi connectivity index (χ3n) is 2.62. The fourth-order valence-corrected chi connectivity index (χ4v) is 2.14. The van der Waals surface area contributed by atoms with E-state index in [0.717, 1.165) is 21.4 Å². The second-order valence-electron chi connectivity index (χ2n) is 3.87. The largest absolute Gasteiger partial charge is 0.256 e. The van der Waals surface area contributed by atoms with E-state index in [-0.39, 0.29) is 0 Å². The van der Waals surface area contributed by atoms with Crippen LogP contribution in [0.15, 0.2) is 65.5 Å². The van der Waals surface area contributed by atoms with Gasteiger partial charge in [0.25, 0.3) is 0 Å². The Kier molecular flexibility index (Phi) is 2.94. The molecular formula is C14H10BrN3. The summed E-state index contributed by atoms with van der Waals surface area (Å²) >= 11 is 3.46. The highest BCUT2D eigenvalue weighted by molar-refractivity contribution is 9.10. The maximum absolute atomic E-state index is 4.36. The van der Waals surface area contributed by atoms with Crippen LogP contribution in [-0.4, -0.2) is 14.8 Å². The van der Waals surface area contributed by atoms with Crippen LogP contribution in [0, 0.1) is 0 Å². The zero-order valence-electron chi connectivity index (χ0n) is 9.49.